The number of amides is 2. The number of nitrogens with one attached hydrogen (secondary N) is 2. The van der Waals surface area contributed by atoms with Gasteiger partial charge >= 0.3 is 0 Å². The van der Waals surface area contributed by atoms with E-state index >= 15 is 0 Å². The largest absolute Gasteiger partial charge is 0.386 e. The SMILES string of the molecule is Cc1onc(-c2c(Cl)cccc2Cl)c1C(=O)NNC(=O)CO/N=C/c1ccc(Cl)cc1Cl. The standard InChI is InChI=1S/C20H14Cl4N4O4/c1-10-17(19(28-32-10)18-13(22)3-2-4-14(18)23)20(30)27-26-16(29)9-31-25-8-11-5-6-12(21)7-15(11)24/h2-8H,9H2,1H3,(H,26,29)(H,27,30)/b25-8+. The monoisotopic (exact) mass is 514 g/mol. The van der Waals surface area contributed by atoms with Crippen LogP contribution >= 0.6 is 46.4 Å². The predicted molar refractivity (Wildman–Crippen MR) is 122 cm³/mol. The second-order valence-electron chi connectivity index (χ2n) is 6.24. The molecule has 1 aromatic heterocycles. The zero-order chi connectivity index (χ0) is 23.3. The van der Waals surface area contributed by atoms with E-state index in [-0.39, 0.29) is 27.1 Å². The van der Waals surface area contributed by atoms with Crippen molar-refractivity contribution in [2.75, 3.05) is 6.61 Å². The van der Waals surface area contributed by atoms with Crippen molar-refractivity contribution >= 4 is 64.4 Å². The van der Waals surface area contributed by atoms with E-state index in [1.54, 1.807) is 36.4 Å². The first-order valence-electron chi connectivity index (χ1n) is 8.88. The van der Waals surface area contributed by atoms with Crippen LogP contribution in [0, 0.1) is 6.92 Å². The first-order chi connectivity index (χ1) is 15.3. The van der Waals surface area contributed by atoms with E-state index in [1.165, 1.54) is 13.1 Å². The van der Waals surface area contributed by atoms with Crippen molar-refractivity contribution in [1.82, 2.24) is 16.0 Å². The molecule has 0 fully saturated rings. The van der Waals surface area contributed by atoms with Gasteiger partial charge in [-0.2, -0.15) is 0 Å². The van der Waals surface area contributed by atoms with Crippen molar-refractivity contribution in [2.24, 2.45) is 5.16 Å². The van der Waals surface area contributed by atoms with Gasteiger partial charge in [-0.05, 0) is 31.2 Å². The number of aromatic nitrogens is 1. The van der Waals surface area contributed by atoms with Crippen LogP contribution in [0.25, 0.3) is 11.3 Å². The van der Waals surface area contributed by atoms with Gasteiger partial charge in [-0.1, -0.05) is 68.8 Å². The van der Waals surface area contributed by atoms with Crippen LogP contribution < -0.4 is 10.9 Å². The van der Waals surface area contributed by atoms with E-state index in [4.69, 9.17) is 55.8 Å². The topological polar surface area (TPSA) is 106 Å². The zero-order valence-corrected chi connectivity index (χ0v) is 19.3. The van der Waals surface area contributed by atoms with Gasteiger partial charge in [0.1, 0.15) is 17.0 Å². The summed E-state index contributed by atoms with van der Waals surface area (Å²) in [5.74, 6) is -1.13. The molecule has 1 heterocycles. The number of carbonyl (C=O) groups is 2. The van der Waals surface area contributed by atoms with Gasteiger partial charge in [0.15, 0.2) is 6.61 Å². The number of oxime groups is 1. The number of carbonyl (C=O) groups excluding carboxylic acids is 2. The van der Waals surface area contributed by atoms with E-state index in [0.29, 0.717) is 21.2 Å². The fourth-order valence-corrected chi connectivity index (χ4v) is 3.59. The molecule has 0 unspecified atom stereocenters. The molecule has 8 nitrogen and oxygen atoms in total. The van der Waals surface area contributed by atoms with Gasteiger partial charge in [0, 0.05) is 16.1 Å². The molecule has 0 atom stereocenters. The molecule has 0 spiro atoms. The van der Waals surface area contributed by atoms with Gasteiger partial charge in [0.05, 0.1) is 21.3 Å². The maximum Gasteiger partial charge on any atom is 0.279 e. The molecular weight excluding hydrogens is 502 g/mol. The minimum Gasteiger partial charge on any atom is -0.386 e. The fraction of sp³-hybridized carbons (Fsp3) is 0.100. The van der Waals surface area contributed by atoms with Crippen LogP contribution in [0.15, 0.2) is 46.1 Å². The summed E-state index contributed by atoms with van der Waals surface area (Å²) >= 11 is 24.2. The van der Waals surface area contributed by atoms with Crippen LogP contribution in [0.3, 0.4) is 0 Å². The molecular formula is C20H14Cl4N4O4. The van der Waals surface area contributed by atoms with E-state index in [1.807, 2.05) is 0 Å². The zero-order valence-electron chi connectivity index (χ0n) is 16.3. The fourth-order valence-electron chi connectivity index (χ4n) is 2.56. The lowest BCUT2D eigenvalue weighted by atomic mass is 10.1. The van der Waals surface area contributed by atoms with E-state index < -0.39 is 18.4 Å². The molecule has 0 aliphatic carbocycles. The highest BCUT2D eigenvalue weighted by Crippen LogP contribution is 2.36. The average Bonchev–Trinajstić information content (AvgIpc) is 3.11. The summed E-state index contributed by atoms with van der Waals surface area (Å²) in [5, 5.41) is 8.96. The number of hydrogen-bond donors (Lipinski definition) is 2. The van der Waals surface area contributed by atoms with Crippen LogP contribution in [-0.2, 0) is 9.63 Å². The molecule has 0 bridgehead atoms. The Balaban J connectivity index is 1.59. The molecule has 0 saturated heterocycles. The van der Waals surface area contributed by atoms with Crippen LogP contribution in [-0.4, -0.2) is 29.8 Å². The molecule has 0 aliphatic heterocycles. The van der Waals surface area contributed by atoms with Gasteiger partial charge in [0.2, 0.25) is 0 Å². The Labute approximate surface area is 202 Å². The van der Waals surface area contributed by atoms with Gasteiger partial charge in [-0.15, -0.1) is 0 Å². The quantitative estimate of drug-likeness (QED) is 0.352. The number of nitrogens with zero attached hydrogens (tertiary/aromatic N) is 2. The van der Waals surface area contributed by atoms with Gasteiger partial charge in [-0.3, -0.25) is 20.4 Å². The number of hydrazine groups is 1. The minimum absolute atomic E-state index is 0.0663. The predicted octanol–water partition coefficient (Wildman–Crippen LogP) is 5.08. The first kappa shape index (κ1) is 23.9. The van der Waals surface area contributed by atoms with E-state index in [9.17, 15) is 9.59 Å². The Morgan fingerprint density at radius 3 is 2.50 bits per heavy atom. The van der Waals surface area contributed by atoms with Gasteiger partial charge in [0.25, 0.3) is 11.8 Å². The summed E-state index contributed by atoms with van der Waals surface area (Å²) in [4.78, 5) is 29.5. The first-order valence-corrected chi connectivity index (χ1v) is 10.4. The Morgan fingerprint density at radius 2 is 1.81 bits per heavy atom. The highest BCUT2D eigenvalue weighted by molar-refractivity contribution is 6.39. The summed E-state index contributed by atoms with van der Waals surface area (Å²) in [7, 11) is 0. The van der Waals surface area contributed by atoms with Crippen molar-refractivity contribution in [1.29, 1.82) is 0 Å². The summed E-state index contributed by atoms with van der Waals surface area (Å²) in [6.45, 7) is 1.07. The lowest BCUT2D eigenvalue weighted by Gasteiger charge is -2.08. The van der Waals surface area contributed by atoms with Crippen LogP contribution in [0.2, 0.25) is 20.1 Å². The maximum atomic E-state index is 12.6. The summed E-state index contributed by atoms with van der Waals surface area (Å²) in [6, 6.07) is 9.68. The number of hydrogen-bond acceptors (Lipinski definition) is 6. The molecule has 0 saturated carbocycles. The highest BCUT2D eigenvalue weighted by atomic mass is 35.5. The third-order valence-corrected chi connectivity index (χ3v) is 5.22. The smallest absolute Gasteiger partial charge is 0.279 e. The molecule has 2 aromatic carbocycles. The Bertz CT molecular complexity index is 1180. The molecule has 3 rings (SSSR count). The number of rotatable bonds is 6. The highest BCUT2D eigenvalue weighted by Gasteiger charge is 2.25. The molecule has 2 N–H and O–H groups in total. The van der Waals surface area contributed by atoms with Crippen molar-refractivity contribution < 1.29 is 18.9 Å². The van der Waals surface area contributed by atoms with Crippen LogP contribution in [0.5, 0.6) is 0 Å². The summed E-state index contributed by atoms with van der Waals surface area (Å²) < 4.78 is 5.12. The molecule has 0 radical (unpaired) electrons. The van der Waals surface area contributed by atoms with Gasteiger partial charge in [-0.25, -0.2) is 0 Å². The number of aryl methyl sites for hydroxylation is 1. The Morgan fingerprint density at radius 1 is 1.09 bits per heavy atom. The second kappa shape index (κ2) is 10.7. The maximum absolute atomic E-state index is 12.6. The molecule has 2 amide bonds. The van der Waals surface area contributed by atoms with Crippen molar-refractivity contribution in [2.45, 2.75) is 6.92 Å². The Hall–Kier alpha value is -2.78. The Kier molecular flexibility index (Phi) is 7.98. The molecule has 32 heavy (non-hydrogen) atoms. The van der Waals surface area contributed by atoms with Crippen LogP contribution in [0.1, 0.15) is 21.7 Å². The summed E-state index contributed by atoms with van der Waals surface area (Å²) in [5.41, 5.74) is 5.56. The lowest BCUT2D eigenvalue weighted by Crippen LogP contribution is -2.43. The lowest BCUT2D eigenvalue weighted by molar-refractivity contribution is -0.126. The average molecular weight is 516 g/mol. The van der Waals surface area contributed by atoms with Crippen molar-refractivity contribution in [3.05, 3.63) is 73.4 Å². The van der Waals surface area contributed by atoms with Crippen molar-refractivity contribution in [3.8, 4) is 11.3 Å². The van der Waals surface area contributed by atoms with Gasteiger partial charge < -0.3 is 9.36 Å². The molecule has 3 aromatic rings. The molecule has 0 aliphatic rings. The molecule has 166 valence electrons. The minimum atomic E-state index is -0.681. The van der Waals surface area contributed by atoms with Crippen LogP contribution in [0.4, 0.5) is 0 Å². The molecule has 12 heteroatoms. The van der Waals surface area contributed by atoms with E-state index in [0.717, 1.165) is 0 Å². The third-order valence-electron chi connectivity index (χ3n) is 4.03. The van der Waals surface area contributed by atoms with Crippen molar-refractivity contribution in [3.63, 3.8) is 0 Å². The number of halogens is 4. The second-order valence-corrected chi connectivity index (χ2v) is 7.89. The normalized spacial score (nSPS) is 10.9. The third kappa shape index (κ3) is 5.72. The van der Waals surface area contributed by atoms with E-state index in [2.05, 4.69) is 21.2 Å². The summed E-state index contributed by atoms with van der Waals surface area (Å²) in [6.07, 6.45) is 1.32. The number of benzene rings is 2.